The molecule has 1 rings (SSSR count). The van der Waals surface area contributed by atoms with E-state index in [0.29, 0.717) is 13.1 Å². The second kappa shape index (κ2) is 6.10. The second-order valence-corrected chi connectivity index (χ2v) is 3.35. The number of nitrogens with zero attached hydrogens (tertiary/aromatic N) is 1. The smallest absolute Gasteiger partial charge is 0.304 e. The number of carbonyl (C=O) groups is 1. The highest BCUT2D eigenvalue weighted by molar-refractivity contribution is 5.67. The van der Waals surface area contributed by atoms with Crippen LogP contribution in [0, 0.1) is 0 Å². The zero-order chi connectivity index (χ0) is 11.1. The summed E-state index contributed by atoms with van der Waals surface area (Å²) in [5.41, 5.74) is 6.64. The van der Waals surface area contributed by atoms with Gasteiger partial charge in [-0.25, -0.2) is 0 Å². The number of aliphatic carboxylic acids is 1. The van der Waals surface area contributed by atoms with E-state index in [9.17, 15) is 4.79 Å². The normalized spacial score (nSPS) is 12.3. The van der Waals surface area contributed by atoms with Gasteiger partial charge in [-0.1, -0.05) is 6.07 Å². The standard InChI is InChI=1S/C10H15N3O2/c11-9(4-10(14)15)7-13-6-8-2-1-3-12-5-8/h1-3,5,9,13H,4,6-7,11H2,(H,14,15). The fraction of sp³-hybridized carbons (Fsp3) is 0.400. The van der Waals surface area contributed by atoms with Crippen LogP contribution in [0.15, 0.2) is 24.5 Å². The minimum Gasteiger partial charge on any atom is -0.481 e. The fourth-order valence-electron chi connectivity index (χ4n) is 1.20. The average Bonchev–Trinajstić information content (AvgIpc) is 2.18. The minimum absolute atomic E-state index is 0.0138. The summed E-state index contributed by atoms with van der Waals surface area (Å²) < 4.78 is 0. The molecule has 1 atom stereocenters. The van der Waals surface area contributed by atoms with Crippen LogP contribution in [0.4, 0.5) is 0 Å². The molecule has 4 N–H and O–H groups in total. The number of carboxylic acids is 1. The van der Waals surface area contributed by atoms with Gasteiger partial charge in [0.15, 0.2) is 0 Å². The van der Waals surface area contributed by atoms with Crippen molar-refractivity contribution in [3.63, 3.8) is 0 Å². The van der Waals surface area contributed by atoms with Crippen molar-refractivity contribution < 1.29 is 9.90 Å². The van der Waals surface area contributed by atoms with Crippen LogP contribution >= 0.6 is 0 Å². The van der Waals surface area contributed by atoms with Crippen LogP contribution in [0.2, 0.25) is 0 Å². The molecule has 1 aromatic rings. The lowest BCUT2D eigenvalue weighted by atomic mass is 10.2. The van der Waals surface area contributed by atoms with Crippen molar-refractivity contribution in [1.82, 2.24) is 10.3 Å². The lowest BCUT2D eigenvalue weighted by molar-refractivity contribution is -0.137. The summed E-state index contributed by atoms with van der Waals surface area (Å²) in [6, 6.07) is 3.45. The first-order valence-electron chi connectivity index (χ1n) is 4.75. The van der Waals surface area contributed by atoms with Crippen molar-refractivity contribution >= 4 is 5.97 Å². The molecule has 0 bridgehead atoms. The second-order valence-electron chi connectivity index (χ2n) is 3.35. The van der Waals surface area contributed by atoms with Gasteiger partial charge >= 0.3 is 5.97 Å². The first kappa shape index (κ1) is 11.6. The number of hydrogen-bond donors (Lipinski definition) is 3. The highest BCUT2D eigenvalue weighted by Gasteiger charge is 2.06. The largest absolute Gasteiger partial charge is 0.481 e. The van der Waals surface area contributed by atoms with Gasteiger partial charge in [0.05, 0.1) is 6.42 Å². The van der Waals surface area contributed by atoms with E-state index in [1.54, 1.807) is 12.4 Å². The van der Waals surface area contributed by atoms with E-state index < -0.39 is 5.97 Å². The maximum Gasteiger partial charge on any atom is 0.304 e. The van der Waals surface area contributed by atoms with Crippen molar-refractivity contribution in [2.45, 2.75) is 19.0 Å². The van der Waals surface area contributed by atoms with E-state index in [-0.39, 0.29) is 12.5 Å². The van der Waals surface area contributed by atoms with Crippen LogP contribution in [0.3, 0.4) is 0 Å². The van der Waals surface area contributed by atoms with E-state index in [2.05, 4.69) is 10.3 Å². The van der Waals surface area contributed by atoms with Gasteiger partial charge in [-0.2, -0.15) is 0 Å². The molecule has 0 fully saturated rings. The van der Waals surface area contributed by atoms with Gasteiger partial charge in [0.25, 0.3) is 0 Å². The van der Waals surface area contributed by atoms with E-state index in [1.807, 2.05) is 12.1 Å². The lowest BCUT2D eigenvalue weighted by Crippen LogP contribution is -2.35. The topological polar surface area (TPSA) is 88.2 Å². The van der Waals surface area contributed by atoms with Gasteiger partial charge in [0.2, 0.25) is 0 Å². The molecule has 5 heteroatoms. The van der Waals surface area contributed by atoms with Crippen LogP contribution in [-0.2, 0) is 11.3 Å². The Kier molecular flexibility index (Phi) is 4.73. The van der Waals surface area contributed by atoms with Crippen molar-refractivity contribution in [1.29, 1.82) is 0 Å². The Morgan fingerprint density at radius 1 is 1.67 bits per heavy atom. The molecule has 0 aliphatic rings. The summed E-state index contributed by atoms with van der Waals surface area (Å²) >= 11 is 0. The molecule has 5 nitrogen and oxygen atoms in total. The molecule has 0 spiro atoms. The van der Waals surface area contributed by atoms with E-state index in [4.69, 9.17) is 10.8 Å². The monoisotopic (exact) mass is 209 g/mol. The quantitative estimate of drug-likeness (QED) is 0.612. The third kappa shape index (κ3) is 5.09. The molecule has 1 unspecified atom stereocenters. The minimum atomic E-state index is -0.870. The Labute approximate surface area is 88.3 Å². The van der Waals surface area contributed by atoms with E-state index in [1.165, 1.54) is 0 Å². The Balaban J connectivity index is 2.19. The first-order chi connectivity index (χ1) is 7.18. The van der Waals surface area contributed by atoms with Crippen molar-refractivity contribution in [2.24, 2.45) is 5.73 Å². The number of pyridine rings is 1. The number of nitrogens with one attached hydrogen (secondary N) is 1. The lowest BCUT2D eigenvalue weighted by Gasteiger charge is -2.09. The molecule has 0 saturated heterocycles. The van der Waals surface area contributed by atoms with Crippen LogP contribution in [0.25, 0.3) is 0 Å². The maximum absolute atomic E-state index is 10.3. The molecule has 1 aromatic heterocycles. The van der Waals surface area contributed by atoms with Crippen LogP contribution in [0.1, 0.15) is 12.0 Å². The molecule has 0 radical (unpaired) electrons. The summed E-state index contributed by atoms with van der Waals surface area (Å²) in [6.45, 7) is 1.14. The van der Waals surface area contributed by atoms with E-state index >= 15 is 0 Å². The average molecular weight is 209 g/mol. The highest BCUT2D eigenvalue weighted by Crippen LogP contribution is 1.94. The highest BCUT2D eigenvalue weighted by atomic mass is 16.4. The van der Waals surface area contributed by atoms with Gasteiger partial charge in [-0.05, 0) is 11.6 Å². The van der Waals surface area contributed by atoms with Gasteiger partial charge in [-0.15, -0.1) is 0 Å². The molecular formula is C10H15N3O2. The molecule has 15 heavy (non-hydrogen) atoms. The Morgan fingerprint density at radius 3 is 3.07 bits per heavy atom. The molecule has 0 aliphatic heterocycles. The summed E-state index contributed by atoms with van der Waals surface area (Å²) in [7, 11) is 0. The van der Waals surface area contributed by atoms with Crippen LogP contribution in [-0.4, -0.2) is 28.6 Å². The zero-order valence-corrected chi connectivity index (χ0v) is 8.39. The maximum atomic E-state index is 10.3. The van der Waals surface area contributed by atoms with Gasteiger partial charge < -0.3 is 16.2 Å². The molecule has 0 amide bonds. The summed E-state index contributed by atoms with van der Waals surface area (Å²) in [5, 5.41) is 11.6. The number of hydrogen-bond acceptors (Lipinski definition) is 4. The summed E-state index contributed by atoms with van der Waals surface area (Å²) in [4.78, 5) is 14.3. The Morgan fingerprint density at radius 2 is 2.47 bits per heavy atom. The molecule has 1 heterocycles. The van der Waals surface area contributed by atoms with Crippen molar-refractivity contribution in [3.8, 4) is 0 Å². The molecule has 0 aliphatic carbocycles. The number of aromatic nitrogens is 1. The molecular weight excluding hydrogens is 194 g/mol. The first-order valence-corrected chi connectivity index (χ1v) is 4.75. The third-order valence-electron chi connectivity index (χ3n) is 1.90. The SMILES string of the molecule is NC(CNCc1cccnc1)CC(=O)O. The predicted octanol–water partition coefficient (Wildman–Crippen LogP) is -0.0268. The van der Waals surface area contributed by atoms with Gasteiger partial charge in [0, 0.05) is 31.5 Å². The summed E-state index contributed by atoms with van der Waals surface area (Å²) in [5.74, 6) is -0.870. The fourth-order valence-corrected chi connectivity index (χ4v) is 1.20. The van der Waals surface area contributed by atoms with Crippen LogP contribution < -0.4 is 11.1 Å². The number of carboxylic acid groups (broad SMARTS) is 1. The van der Waals surface area contributed by atoms with E-state index in [0.717, 1.165) is 5.56 Å². The van der Waals surface area contributed by atoms with Crippen molar-refractivity contribution in [3.05, 3.63) is 30.1 Å². The summed E-state index contributed by atoms with van der Waals surface area (Å²) in [6.07, 6.45) is 3.45. The molecule has 0 saturated carbocycles. The van der Waals surface area contributed by atoms with Gasteiger partial charge in [-0.3, -0.25) is 9.78 Å². The predicted molar refractivity (Wildman–Crippen MR) is 56.2 cm³/mol. The zero-order valence-electron chi connectivity index (χ0n) is 8.39. The van der Waals surface area contributed by atoms with Gasteiger partial charge in [0.1, 0.15) is 0 Å². The Bertz CT molecular complexity index is 303. The number of nitrogens with two attached hydrogens (primary N) is 1. The molecule has 0 aromatic carbocycles. The van der Waals surface area contributed by atoms with Crippen LogP contribution in [0.5, 0.6) is 0 Å². The molecule has 82 valence electrons. The third-order valence-corrected chi connectivity index (χ3v) is 1.90. The number of rotatable bonds is 6. The Hall–Kier alpha value is -1.46. The van der Waals surface area contributed by atoms with Crippen molar-refractivity contribution in [2.75, 3.05) is 6.54 Å².